The zero-order valence-electron chi connectivity index (χ0n) is 10.2. The maximum Gasteiger partial charge on any atom is 0.328 e. The van der Waals surface area contributed by atoms with Crippen molar-refractivity contribution < 1.29 is 9.90 Å². The van der Waals surface area contributed by atoms with E-state index >= 15 is 0 Å². The van der Waals surface area contributed by atoms with Crippen LogP contribution >= 0.6 is 0 Å². The Kier molecular flexibility index (Phi) is 2.76. The first-order valence-electron chi connectivity index (χ1n) is 5.49. The lowest BCUT2D eigenvalue weighted by Crippen LogP contribution is -1.86. The molecule has 0 aliphatic carbocycles. The van der Waals surface area contributed by atoms with Gasteiger partial charge in [0.1, 0.15) is 0 Å². The third-order valence-electron chi connectivity index (χ3n) is 2.88. The van der Waals surface area contributed by atoms with Crippen LogP contribution in [0.2, 0.25) is 0 Å². The fourth-order valence-corrected chi connectivity index (χ4v) is 2.17. The normalized spacial score (nSPS) is 11.5. The molecule has 0 aliphatic rings. The molecule has 0 amide bonds. The molecular weight excluding hydrogens is 214 g/mol. The molecule has 17 heavy (non-hydrogen) atoms. The molecule has 2 N–H and O–H groups in total. The van der Waals surface area contributed by atoms with Gasteiger partial charge in [0.25, 0.3) is 0 Å². The van der Waals surface area contributed by atoms with Gasteiger partial charge in [0.15, 0.2) is 0 Å². The van der Waals surface area contributed by atoms with Gasteiger partial charge in [0, 0.05) is 28.2 Å². The molecule has 0 saturated carbocycles. The average Bonchev–Trinajstić information content (AvgIpc) is 2.52. The van der Waals surface area contributed by atoms with Crippen LogP contribution in [-0.4, -0.2) is 16.1 Å². The standard InChI is InChI=1S/C14H15NO2/c1-8-6-9(2)14-12(7-8)11(10(3)15-14)4-5-13(16)17/h4-7,15H,1-3H3,(H,16,17)/b5-4+. The molecule has 0 aliphatic heterocycles. The summed E-state index contributed by atoms with van der Waals surface area (Å²) in [5.41, 5.74) is 5.38. The van der Waals surface area contributed by atoms with E-state index in [1.54, 1.807) is 6.08 Å². The molecule has 1 heterocycles. The van der Waals surface area contributed by atoms with E-state index in [4.69, 9.17) is 5.11 Å². The van der Waals surface area contributed by atoms with Crippen molar-refractivity contribution in [1.29, 1.82) is 0 Å². The number of aromatic nitrogens is 1. The average molecular weight is 229 g/mol. The molecule has 0 bridgehead atoms. The van der Waals surface area contributed by atoms with Gasteiger partial charge in [-0.05, 0) is 38.5 Å². The number of aryl methyl sites for hydroxylation is 3. The molecule has 0 unspecified atom stereocenters. The number of fused-ring (bicyclic) bond motifs is 1. The SMILES string of the molecule is Cc1cc(C)c2[nH]c(C)c(/C=C/C(=O)O)c2c1. The van der Waals surface area contributed by atoms with Gasteiger partial charge >= 0.3 is 5.97 Å². The Morgan fingerprint density at radius 1 is 1.29 bits per heavy atom. The molecular formula is C14H15NO2. The summed E-state index contributed by atoms with van der Waals surface area (Å²) >= 11 is 0. The van der Waals surface area contributed by atoms with E-state index in [0.717, 1.165) is 22.2 Å². The summed E-state index contributed by atoms with van der Waals surface area (Å²) in [6, 6.07) is 4.19. The summed E-state index contributed by atoms with van der Waals surface area (Å²) < 4.78 is 0. The number of carboxylic acid groups (broad SMARTS) is 1. The molecule has 3 nitrogen and oxygen atoms in total. The lowest BCUT2D eigenvalue weighted by atomic mass is 10.0. The number of carbonyl (C=O) groups is 1. The fraction of sp³-hybridized carbons (Fsp3) is 0.214. The maximum atomic E-state index is 10.6. The molecule has 0 fully saturated rings. The minimum atomic E-state index is -0.928. The van der Waals surface area contributed by atoms with E-state index in [9.17, 15) is 4.79 Å². The second-order valence-corrected chi connectivity index (χ2v) is 4.34. The molecule has 0 saturated heterocycles. The third kappa shape index (κ3) is 2.09. The van der Waals surface area contributed by atoms with Crippen LogP contribution in [0, 0.1) is 20.8 Å². The van der Waals surface area contributed by atoms with Crippen molar-refractivity contribution in [2.24, 2.45) is 0 Å². The van der Waals surface area contributed by atoms with E-state index in [-0.39, 0.29) is 0 Å². The minimum Gasteiger partial charge on any atom is -0.478 e. The van der Waals surface area contributed by atoms with E-state index in [1.807, 2.05) is 13.8 Å². The van der Waals surface area contributed by atoms with Crippen LogP contribution < -0.4 is 0 Å². The highest BCUT2D eigenvalue weighted by Gasteiger charge is 2.08. The minimum absolute atomic E-state index is 0.928. The van der Waals surface area contributed by atoms with Gasteiger partial charge in [-0.1, -0.05) is 11.6 Å². The molecule has 0 atom stereocenters. The van der Waals surface area contributed by atoms with Crippen molar-refractivity contribution in [3.63, 3.8) is 0 Å². The molecule has 88 valence electrons. The third-order valence-corrected chi connectivity index (χ3v) is 2.88. The van der Waals surface area contributed by atoms with Gasteiger partial charge in [0.2, 0.25) is 0 Å². The lowest BCUT2D eigenvalue weighted by Gasteiger charge is -1.99. The summed E-state index contributed by atoms with van der Waals surface area (Å²) in [7, 11) is 0. The number of nitrogens with one attached hydrogen (secondary N) is 1. The zero-order chi connectivity index (χ0) is 12.6. The highest BCUT2D eigenvalue weighted by Crippen LogP contribution is 2.27. The van der Waals surface area contributed by atoms with Gasteiger partial charge < -0.3 is 10.1 Å². The van der Waals surface area contributed by atoms with Crippen LogP contribution in [0.1, 0.15) is 22.4 Å². The predicted octanol–water partition coefficient (Wildman–Crippen LogP) is 3.19. The first-order chi connectivity index (χ1) is 7.99. The van der Waals surface area contributed by atoms with Crippen LogP contribution in [-0.2, 0) is 4.79 Å². The summed E-state index contributed by atoms with van der Waals surface area (Å²) in [4.78, 5) is 13.9. The van der Waals surface area contributed by atoms with Gasteiger partial charge in [-0.3, -0.25) is 0 Å². The van der Waals surface area contributed by atoms with Gasteiger partial charge in [-0.15, -0.1) is 0 Å². The van der Waals surface area contributed by atoms with Gasteiger partial charge in [0.05, 0.1) is 0 Å². The van der Waals surface area contributed by atoms with Crippen LogP contribution in [0.15, 0.2) is 18.2 Å². The molecule has 3 heteroatoms. The Morgan fingerprint density at radius 3 is 2.65 bits per heavy atom. The predicted molar refractivity (Wildman–Crippen MR) is 69.2 cm³/mol. The zero-order valence-corrected chi connectivity index (χ0v) is 10.2. The number of aliphatic carboxylic acids is 1. The Bertz CT molecular complexity index is 621. The number of hydrogen-bond donors (Lipinski definition) is 2. The second kappa shape index (κ2) is 4.09. The second-order valence-electron chi connectivity index (χ2n) is 4.34. The van der Waals surface area contributed by atoms with Crippen LogP contribution in [0.5, 0.6) is 0 Å². The number of aromatic amines is 1. The lowest BCUT2D eigenvalue weighted by molar-refractivity contribution is -0.131. The van der Waals surface area contributed by atoms with Crippen molar-refractivity contribution in [2.45, 2.75) is 20.8 Å². The van der Waals surface area contributed by atoms with Crippen molar-refractivity contribution in [1.82, 2.24) is 4.98 Å². The first-order valence-corrected chi connectivity index (χ1v) is 5.49. The van der Waals surface area contributed by atoms with E-state index < -0.39 is 5.97 Å². The molecule has 0 radical (unpaired) electrons. The Morgan fingerprint density at radius 2 is 2.00 bits per heavy atom. The molecule has 1 aromatic heterocycles. The summed E-state index contributed by atoms with van der Waals surface area (Å²) in [5.74, 6) is -0.928. The van der Waals surface area contributed by atoms with Crippen LogP contribution in [0.4, 0.5) is 0 Å². The molecule has 1 aromatic carbocycles. The van der Waals surface area contributed by atoms with E-state index in [0.29, 0.717) is 0 Å². The Labute approximate surface area is 99.8 Å². The van der Waals surface area contributed by atoms with Crippen LogP contribution in [0.25, 0.3) is 17.0 Å². The monoisotopic (exact) mass is 229 g/mol. The number of H-pyrrole nitrogens is 1. The van der Waals surface area contributed by atoms with Crippen molar-refractivity contribution >= 4 is 22.9 Å². The Balaban J connectivity index is 2.70. The number of hydrogen-bond acceptors (Lipinski definition) is 1. The molecule has 2 rings (SSSR count). The highest BCUT2D eigenvalue weighted by atomic mass is 16.4. The maximum absolute atomic E-state index is 10.6. The largest absolute Gasteiger partial charge is 0.478 e. The first kappa shape index (κ1) is 11.5. The summed E-state index contributed by atoms with van der Waals surface area (Å²) in [6.45, 7) is 6.05. The van der Waals surface area contributed by atoms with Crippen molar-refractivity contribution in [3.05, 3.63) is 40.6 Å². The van der Waals surface area contributed by atoms with E-state index in [2.05, 4.69) is 24.0 Å². The van der Waals surface area contributed by atoms with Crippen molar-refractivity contribution in [2.75, 3.05) is 0 Å². The van der Waals surface area contributed by atoms with Crippen LogP contribution in [0.3, 0.4) is 0 Å². The summed E-state index contributed by atoms with van der Waals surface area (Å²) in [5, 5.41) is 9.77. The smallest absolute Gasteiger partial charge is 0.328 e. The Hall–Kier alpha value is -2.03. The quantitative estimate of drug-likeness (QED) is 0.777. The fourth-order valence-electron chi connectivity index (χ4n) is 2.17. The number of carboxylic acids is 1. The summed E-state index contributed by atoms with van der Waals surface area (Å²) in [6.07, 6.45) is 2.82. The molecule has 2 aromatic rings. The van der Waals surface area contributed by atoms with Gasteiger partial charge in [-0.25, -0.2) is 4.79 Å². The number of benzene rings is 1. The topological polar surface area (TPSA) is 53.1 Å². The van der Waals surface area contributed by atoms with E-state index in [1.165, 1.54) is 17.2 Å². The molecule has 0 spiro atoms. The highest BCUT2D eigenvalue weighted by molar-refractivity contribution is 5.96. The van der Waals surface area contributed by atoms with Gasteiger partial charge in [-0.2, -0.15) is 0 Å². The van der Waals surface area contributed by atoms with Crippen molar-refractivity contribution in [3.8, 4) is 0 Å². The number of rotatable bonds is 2.